The van der Waals surface area contributed by atoms with E-state index in [-0.39, 0.29) is 11.8 Å². The first kappa shape index (κ1) is 5.45. The van der Waals surface area contributed by atoms with Gasteiger partial charge in [0.1, 0.15) is 0 Å². The molecular formula is C7H10O2. The maximum Gasteiger partial charge on any atom is 0.0867 e. The van der Waals surface area contributed by atoms with Crippen molar-refractivity contribution in [2.75, 3.05) is 0 Å². The highest BCUT2D eigenvalue weighted by molar-refractivity contribution is 5.14. The van der Waals surface area contributed by atoms with E-state index in [0.717, 1.165) is 6.42 Å². The summed E-state index contributed by atoms with van der Waals surface area (Å²) in [6.45, 7) is 0. The van der Waals surface area contributed by atoms with Crippen molar-refractivity contribution in [3.8, 4) is 0 Å². The molecule has 2 rings (SSSR count). The maximum absolute atomic E-state index is 9.19. The van der Waals surface area contributed by atoms with E-state index in [1.807, 2.05) is 12.2 Å². The first-order valence-electron chi connectivity index (χ1n) is 3.33. The second kappa shape index (κ2) is 1.58. The maximum atomic E-state index is 9.19. The smallest absolute Gasteiger partial charge is 0.0867 e. The predicted molar refractivity (Wildman–Crippen MR) is 32.8 cm³/mol. The van der Waals surface area contributed by atoms with Gasteiger partial charge in [0.2, 0.25) is 0 Å². The van der Waals surface area contributed by atoms with Gasteiger partial charge in [-0.25, -0.2) is 0 Å². The molecule has 2 aliphatic rings. The van der Waals surface area contributed by atoms with E-state index in [1.54, 1.807) is 0 Å². The van der Waals surface area contributed by atoms with Crippen LogP contribution < -0.4 is 0 Å². The van der Waals surface area contributed by atoms with Gasteiger partial charge in [-0.2, -0.15) is 0 Å². The SMILES string of the molecule is O[C@H]1C2C=CC(C2)[C@@H]1O. The van der Waals surface area contributed by atoms with Crippen LogP contribution in [-0.2, 0) is 0 Å². The van der Waals surface area contributed by atoms with Crippen molar-refractivity contribution >= 4 is 0 Å². The Morgan fingerprint density at radius 1 is 1.00 bits per heavy atom. The zero-order valence-electron chi connectivity index (χ0n) is 5.07. The summed E-state index contributed by atoms with van der Waals surface area (Å²) in [6, 6.07) is 0. The lowest BCUT2D eigenvalue weighted by Crippen LogP contribution is -2.29. The third kappa shape index (κ3) is 0.575. The average molecular weight is 126 g/mol. The first-order chi connectivity index (χ1) is 4.29. The van der Waals surface area contributed by atoms with Crippen molar-refractivity contribution in [2.45, 2.75) is 18.6 Å². The van der Waals surface area contributed by atoms with Crippen molar-refractivity contribution in [3.63, 3.8) is 0 Å². The fraction of sp³-hybridized carbons (Fsp3) is 0.714. The summed E-state index contributed by atoms with van der Waals surface area (Å²) in [4.78, 5) is 0. The molecule has 2 nitrogen and oxygen atoms in total. The van der Waals surface area contributed by atoms with Crippen LogP contribution in [0.25, 0.3) is 0 Å². The lowest BCUT2D eigenvalue weighted by atomic mass is 10.0. The van der Waals surface area contributed by atoms with Crippen LogP contribution in [-0.4, -0.2) is 22.4 Å². The first-order valence-corrected chi connectivity index (χ1v) is 3.33. The van der Waals surface area contributed by atoms with Gasteiger partial charge in [-0.1, -0.05) is 12.2 Å². The summed E-state index contributed by atoms with van der Waals surface area (Å²) < 4.78 is 0. The van der Waals surface area contributed by atoms with Crippen molar-refractivity contribution < 1.29 is 10.2 Å². The van der Waals surface area contributed by atoms with Crippen LogP contribution >= 0.6 is 0 Å². The summed E-state index contributed by atoms with van der Waals surface area (Å²) >= 11 is 0. The average Bonchev–Trinajstić information content (AvgIpc) is 2.37. The molecule has 0 amide bonds. The van der Waals surface area contributed by atoms with Gasteiger partial charge in [-0.15, -0.1) is 0 Å². The predicted octanol–water partition coefficient (Wildman–Crippen LogP) is -0.0859. The molecule has 2 bridgehead atoms. The van der Waals surface area contributed by atoms with E-state index < -0.39 is 12.2 Å². The fourth-order valence-electron chi connectivity index (χ4n) is 1.77. The summed E-state index contributed by atoms with van der Waals surface area (Å²) in [5, 5.41) is 18.4. The summed E-state index contributed by atoms with van der Waals surface area (Å²) in [5.74, 6) is 0.481. The minimum Gasteiger partial charge on any atom is -0.390 e. The summed E-state index contributed by atoms with van der Waals surface area (Å²) in [5.41, 5.74) is 0. The quantitative estimate of drug-likeness (QED) is 0.445. The van der Waals surface area contributed by atoms with Crippen molar-refractivity contribution in [1.29, 1.82) is 0 Å². The molecule has 0 aliphatic heterocycles. The monoisotopic (exact) mass is 126 g/mol. The molecule has 2 N–H and O–H groups in total. The normalized spacial score (nSPS) is 54.9. The topological polar surface area (TPSA) is 40.5 Å². The molecule has 50 valence electrons. The Kier molecular flexibility index (Phi) is 0.957. The van der Waals surface area contributed by atoms with Crippen molar-refractivity contribution in [3.05, 3.63) is 12.2 Å². The highest BCUT2D eigenvalue weighted by Crippen LogP contribution is 2.38. The third-order valence-corrected chi connectivity index (χ3v) is 2.38. The van der Waals surface area contributed by atoms with Crippen LogP contribution in [0.4, 0.5) is 0 Å². The molecule has 0 aromatic heterocycles. The van der Waals surface area contributed by atoms with Gasteiger partial charge < -0.3 is 10.2 Å². The Bertz CT molecular complexity index is 137. The highest BCUT2D eigenvalue weighted by atomic mass is 16.3. The molecule has 0 aromatic rings. The Hall–Kier alpha value is -0.340. The van der Waals surface area contributed by atoms with Crippen LogP contribution in [0, 0.1) is 11.8 Å². The molecule has 0 spiro atoms. The van der Waals surface area contributed by atoms with E-state index in [0.29, 0.717) is 0 Å². The van der Waals surface area contributed by atoms with Crippen LogP contribution in [0.1, 0.15) is 6.42 Å². The van der Waals surface area contributed by atoms with E-state index in [9.17, 15) is 10.2 Å². The number of aliphatic hydroxyl groups is 2. The minimum absolute atomic E-state index is 0.241. The second-order valence-electron chi connectivity index (χ2n) is 2.93. The van der Waals surface area contributed by atoms with E-state index >= 15 is 0 Å². The van der Waals surface area contributed by atoms with Crippen LogP contribution in [0.2, 0.25) is 0 Å². The Labute approximate surface area is 53.8 Å². The number of hydrogen-bond acceptors (Lipinski definition) is 2. The van der Waals surface area contributed by atoms with E-state index in [4.69, 9.17) is 0 Å². The fourth-order valence-corrected chi connectivity index (χ4v) is 1.77. The number of rotatable bonds is 0. The van der Waals surface area contributed by atoms with Crippen LogP contribution in [0.3, 0.4) is 0 Å². The number of fused-ring (bicyclic) bond motifs is 2. The summed E-state index contributed by atoms with van der Waals surface area (Å²) in [7, 11) is 0. The molecule has 1 fully saturated rings. The number of hydrogen-bond donors (Lipinski definition) is 2. The molecular weight excluding hydrogens is 116 g/mol. The van der Waals surface area contributed by atoms with Gasteiger partial charge in [0.15, 0.2) is 0 Å². The van der Waals surface area contributed by atoms with Crippen molar-refractivity contribution in [2.24, 2.45) is 11.8 Å². The Morgan fingerprint density at radius 2 is 1.44 bits per heavy atom. The molecule has 2 heteroatoms. The second-order valence-corrected chi connectivity index (χ2v) is 2.93. The molecule has 0 saturated heterocycles. The molecule has 1 saturated carbocycles. The zero-order valence-corrected chi connectivity index (χ0v) is 5.07. The van der Waals surface area contributed by atoms with Gasteiger partial charge in [0.05, 0.1) is 12.2 Å². The number of aliphatic hydroxyl groups excluding tert-OH is 2. The Balaban J connectivity index is 2.26. The molecule has 2 unspecified atom stereocenters. The lowest BCUT2D eigenvalue weighted by molar-refractivity contribution is 0.0135. The standard InChI is InChI=1S/C7H10O2/c8-6-4-1-2-5(3-4)7(6)9/h1-2,4-9H,3H2/t4?,5?,6-,7-/m0/s1. The zero-order chi connectivity index (χ0) is 6.43. The van der Waals surface area contributed by atoms with Gasteiger partial charge in [-0.3, -0.25) is 0 Å². The molecule has 2 aliphatic carbocycles. The molecule has 4 atom stereocenters. The van der Waals surface area contributed by atoms with E-state index in [1.165, 1.54) is 0 Å². The lowest BCUT2D eigenvalue weighted by Gasteiger charge is -2.17. The van der Waals surface area contributed by atoms with Crippen LogP contribution in [0.5, 0.6) is 0 Å². The van der Waals surface area contributed by atoms with E-state index in [2.05, 4.69) is 0 Å². The molecule has 0 heterocycles. The largest absolute Gasteiger partial charge is 0.390 e. The van der Waals surface area contributed by atoms with Gasteiger partial charge in [-0.05, 0) is 6.42 Å². The third-order valence-electron chi connectivity index (χ3n) is 2.38. The summed E-state index contributed by atoms with van der Waals surface area (Å²) in [6.07, 6.45) is 3.98. The molecule has 9 heavy (non-hydrogen) atoms. The Morgan fingerprint density at radius 3 is 1.67 bits per heavy atom. The molecule has 0 radical (unpaired) electrons. The molecule has 0 aromatic carbocycles. The van der Waals surface area contributed by atoms with Gasteiger partial charge >= 0.3 is 0 Å². The highest BCUT2D eigenvalue weighted by Gasteiger charge is 2.42. The van der Waals surface area contributed by atoms with Crippen LogP contribution in [0.15, 0.2) is 12.2 Å². The van der Waals surface area contributed by atoms with Gasteiger partial charge in [0, 0.05) is 11.8 Å². The van der Waals surface area contributed by atoms with Gasteiger partial charge in [0.25, 0.3) is 0 Å². The minimum atomic E-state index is -0.486. The van der Waals surface area contributed by atoms with Crippen molar-refractivity contribution in [1.82, 2.24) is 0 Å².